The number of thiophene rings is 1. The summed E-state index contributed by atoms with van der Waals surface area (Å²) in [5.41, 5.74) is 0.890. The highest BCUT2D eigenvalue weighted by molar-refractivity contribution is 7.18. The van der Waals surface area contributed by atoms with Crippen LogP contribution in [0.4, 0.5) is 11.5 Å². The van der Waals surface area contributed by atoms with Crippen LogP contribution in [0.2, 0.25) is 0 Å². The molecule has 0 spiro atoms. The van der Waals surface area contributed by atoms with Crippen molar-refractivity contribution in [1.82, 2.24) is 9.97 Å². The van der Waals surface area contributed by atoms with Crippen molar-refractivity contribution >= 4 is 33.1 Å². The number of phenolic OH excluding ortho intramolecular Hbond substituents is 1. The summed E-state index contributed by atoms with van der Waals surface area (Å²) in [4.78, 5) is 11.1. The van der Waals surface area contributed by atoms with Gasteiger partial charge < -0.3 is 10.4 Å². The largest absolute Gasteiger partial charge is 0.508 e. The van der Waals surface area contributed by atoms with Crippen LogP contribution in [0.5, 0.6) is 5.75 Å². The number of nitrogens with one attached hydrogen (secondary N) is 1. The van der Waals surface area contributed by atoms with E-state index in [2.05, 4.69) is 28.3 Å². The summed E-state index contributed by atoms with van der Waals surface area (Å²) < 4.78 is 0. The molecule has 0 radical (unpaired) electrons. The molecule has 0 atom stereocenters. The van der Waals surface area contributed by atoms with Gasteiger partial charge in [-0.1, -0.05) is 0 Å². The molecule has 4 nitrogen and oxygen atoms in total. The number of nitrogens with zero attached hydrogens (tertiary/aromatic N) is 2. The van der Waals surface area contributed by atoms with Crippen LogP contribution < -0.4 is 5.32 Å². The number of aromatic nitrogens is 2. The predicted molar refractivity (Wildman–Crippen MR) is 78.3 cm³/mol. The maximum Gasteiger partial charge on any atom is 0.142 e. The molecule has 3 aromatic rings. The summed E-state index contributed by atoms with van der Waals surface area (Å²) in [5, 5.41) is 13.6. The van der Waals surface area contributed by atoms with Gasteiger partial charge in [-0.25, -0.2) is 9.97 Å². The maximum absolute atomic E-state index is 9.29. The lowest BCUT2D eigenvalue weighted by Crippen LogP contribution is -1.97. The van der Waals surface area contributed by atoms with E-state index in [4.69, 9.17) is 0 Å². The number of aromatic hydroxyl groups is 1. The molecule has 3 rings (SSSR count). The third-order valence-electron chi connectivity index (χ3n) is 2.76. The Hall–Kier alpha value is -2.14. The zero-order valence-electron chi connectivity index (χ0n) is 10.6. The average Bonchev–Trinajstić information content (AvgIpc) is 2.72. The molecule has 0 unspecified atom stereocenters. The second-order valence-electron chi connectivity index (χ2n) is 4.37. The number of anilines is 2. The summed E-state index contributed by atoms with van der Waals surface area (Å²) in [7, 11) is 0. The van der Waals surface area contributed by atoms with E-state index in [0.717, 1.165) is 27.5 Å². The molecule has 0 aliphatic carbocycles. The van der Waals surface area contributed by atoms with Gasteiger partial charge in [-0.2, -0.15) is 0 Å². The fourth-order valence-electron chi connectivity index (χ4n) is 1.93. The number of rotatable bonds is 2. The molecule has 2 N–H and O–H groups in total. The van der Waals surface area contributed by atoms with Crippen molar-refractivity contribution in [2.45, 2.75) is 13.8 Å². The second-order valence-corrected chi connectivity index (χ2v) is 5.60. The van der Waals surface area contributed by atoms with Crippen LogP contribution in [0.15, 0.2) is 30.3 Å². The number of fused-ring (bicyclic) bond motifs is 1. The van der Waals surface area contributed by atoms with Crippen LogP contribution in [0, 0.1) is 13.8 Å². The lowest BCUT2D eigenvalue weighted by molar-refractivity contribution is 0.475. The van der Waals surface area contributed by atoms with Crippen LogP contribution in [-0.4, -0.2) is 15.1 Å². The van der Waals surface area contributed by atoms with Crippen molar-refractivity contribution in [3.8, 4) is 5.75 Å². The van der Waals surface area contributed by atoms with E-state index in [1.54, 1.807) is 23.5 Å². The van der Waals surface area contributed by atoms with Gasteiger partial charge in [-0.3, -0.25) is 0 Å². The summed E-state index contributed by atoms with van der Waals surface area (Å²) in [6.45, 7) is 3.95. The molecule has 1 aromatic carbocycles. The van der Waals surface area contributed by atoms with Crippen molar-refractivity contribution in [1.29, 1.82) is 0 Å². The molecule has 2 aromatic heterocycles. The fourth-order valence-corrected chi connectivity index (χ4v) is 2.85. The van der Waals surface area contributed by atoms with E-state index >= 15 is 0 Å². The van der Waals surface area contributed by atoms with Gasteiger partial charge in [0.2, 0.25) is 0 Å². The number of hydrogen-bond donors (Lipinski definition) is 2. The first kappa shape index (κ1) is 11.9. The molecule has 0 fully saturated rings. The van der Waals surface area contributed by atoms with E-state index in [1.165, 1.54) is 4.88 Å². The smallest absolute Gasteiger partial charge is 0.142 e. The van der Waals surface area contributed by atoms with E-state index in [-0.39, 0.29) is 5.75 Å². The zero-order valence-corrected chi connectivity index (χ0v) is 11.5. The third kappa shape index (κ3) is 2.37. The first-order chi connectivity index (χ1) is 9.11. The van der Waals surface area contributed by atoms with Crippen LogP contribution in [0.1, 0.15) is 10.7 Å². The Morgan fingerprint density at radius 1 is 1.11 bits per heavy atom. The molecular weight excluding hydrogens is 258 g/mol. The summed E-state index contributed by atoms with van der Waals surface area (Å²) in [6, 6.07) is 9.01. The molecule has 2 heterocycles. The van der Waals surface area contributed by atoms with Crippen LogP contribution in [0.3, 0.4) is 0 Å². The van der Waals surface area contributed by atoms with Crippen molar-refractivity contribution < 1.29 is 5.11 Å². The van der Waals surface area contributed by atoms with Gasteiger partial charge in [-0.15, -0.1) is 11.3 Å². The van der Waals surface area contributed by atoms with Gasteiger partial charge in [0, 0.05) is 10.6 Å². The van der Waals surface area contributed by atoms with E-state index < -0.39 is 0 Å². The van der Waals surface area contributed by atoms with Gasteiger partial charge in [-0.05, 0) is 44.2 Å². The second kappa shape index (κ2) is 4.51. The van der Waals surface area contributed by atoms with E-state index in [9.17, 15) is 5.11 Å². The summed E-state index contributed by atoms with van der Waals surface area (Å²) in [6.07, 6.45) is 0. The quantitative estimate of drug-likeness (QED) is 0.697. The molecule has 0 bridgehead atoms. The minimum Gasteiger partial charge on any atom is -0.508 e. The molecule has 5 heteroatoms. The lowest BCUT2D eigenvalue weighted by atomic mass is 10.3. The number of aryl methyl sites for hydroxylation is 2. The van der Waals surface area contributed by atoms with Crippen LogP contribution in [0.25, 0.3) is 10.2 Å². The van der Waals surface area contributed by atoms with Crippen molar-refractivity contribution in [3.63, 3.8) is 0 Å². The lowest BCUT2D eigenvalue weighted by Gasteiger charge is -2.07. The summed E-state index contributed by atoms with van der Waals surface area (Å²) >= 11 is 1.66. The molecule has 19 heavy (non-hydrogen) atoms. The Morgan fingerprint density at radius 2 is 1.84 bits per heavy atom. The Balaban J connectivity index is 2.06. The highest BCUT2D eigenvalue weighted by atomic mass is 32.1. The molecule has 0 aliphatic heterocycles. The first-order valence-corrected chi connectivity index (χ1v) is 6.74. The monoisotopic (exact) mass is 271 g/mol. The van der Waals surface area contributed by atoms with Gasteiger partial charge in [0.25, 0.3) is 0 Å². The SMILES string of the molecule is Cc1nc(Nc2ccc(O)cc2)c2cc(C)sc2n1. The van der Waals surface area contributed by atoms with Crippen molar-refractivity contribution in [2.75, 3.05) is 5.32 Å². The number of benzene rings is 1. The average molecular weight is 271 g/mol. The molecule has 96 valence electrons. The van der Waals surface area contributed by atoms with Crippen molar-refractivity contribution in [3.05, 3.63) is 41.0 Å². The fraction of sp³-hybridized carbons (Fsp3) is 0.143. The standard InChI is InChI=1S/C14H13N3OS/c1-8-7-12-13(15-9(2)16-14(12)19-8)17-10-3-5-11(18)6-4-10/h3-7,18H,1-2H3,(H,15,16,17). The number of phenols is 1. The predicted octanol–water partition coefficient (Wildman–Crippen LogP) is 3.76. The molecule has 0 amide bonds. The van der Waals surface area contributed by atoms with Gasteiger partial charge in [0.15, 0.2) is 0 Å². The highest BCUT2D eigenvalue weighted by Crippen LogP contribution is 2.30. The van der Waals surface area contributed by atoms with E-state index in [0.29, 0.717) is 0 Å². The summed E-state index contributed by atoms with van der Waals surface area (Å²) in [5.74, 6) is 1.80. The minimum absolute atomic E-state index is 0.251. The van der Waals surface area contributed by atoms with Crippen LogP contribution >= 0.6 is 11.3 Å². The Morgan fingerprint density at radius 3 is 2.58 bits per heavy atom. The normalized spacial score (nSPS) is 10.8. The molecule has 0 saturated heterocycles. The Labute approximate surface area is 114 Å². The Kier molecular flexibility index (Phi) is 2.83. The van der Waals surface area contributed by atoms with E-state index in [1.807, 2.05) is 19.1 Å². The Bertz CT molecular complexity index is 734. The van der Waals surface area contributed by atoms with Crippen LogP contribution in [-0.2, 0) is 0 Å². The minimum atomic E-state index is 0.251. The van der Waals surface area contributed by atoms with Gasteiger partial charge >= 0.3 is 0 Å². The van der Waals surface area contributed by atoms with Gasteiger partial charge in [0.05, 0.1) is 5.39 Å². The van der Waals surface area contributed by atoms with Gasteiger partial charge in [0.1, 0.15) is 22.2 Å². The van der Waals surface area contributed by atoms with Crippen molar-refractivity contribution in [2.24, 2.45) is 0 Å². The first-order valence-electron chi connectivity index (χ1n) is 5.92. The molecule has 0 saturated carbocycles. The number of hydrogen-bond acceptors (Lipinski definition) is 5. The maximum atomic E-state index is 9.29. The highest BCUT2D eigenvalue weighted by Gasteiger charge is 2.09. The molecular formula is C14H13N3OS. The zero-order chi connectivity index (χ0) is 13.4. The topological polar surface area (TPSA) is 58.0 Å². The third-order valence-corrected chi connectivity index (χ3v) is 3.70. The molecule has 0 aliphatic rings.